The van der Waals surface area contributed by atoms with E-state index >= 15 is 0 Å². The van der Waals surface area contributed by atoms with Crippen LogP contribution >= 0.6 is 11.8 Å². The number of carbonyl (C=O) groups is 3. The summed E-state index contributed by atoms with van der Waals surface area (Å²) in [5.41, 5.74) is 0.947. The van der Waals surface area contributed by atoms with Crippen molar-refractivity contribution in [1.82, 2.24) is 15.5 Å². The Morgan fingerprint density at radius 3 is 2.56 bits per heavy atom. The highest BCUT2D eigenvalue weighted by Gasteiger charge is 2.53. The molecule has 39 heavy (non-hydrogen) atoms. The largest absolute Gasteiger partial charge is 0.496 e. The summed E-state index contributed by atoms with van der Waals surface area (Å²) in [6, 6.07) is 6.39. The van der Waals surface area contributed by atoms with Gasteiger partial charge in [0.15, 0.2) is 0 Å². The molecule has 2 N–H and O–H groups in total. The van der Waals surface area contributed by atoms with Crippen molar-refractivity contribution in [2.75, 3.05) is 19.9 Å². The number of ether oxygens (including phenoxy) is 1. The third kappa shape index (κ3) is 6.64. The minimum Gasteiger partial charge on any atom is -0.496 e. The number of benzene rings is 1. The SMILES string of the molecule is C=N/C(C)=C(\SC)c1ccc(CNC(=O)C2CCCN2C(=O)C(NC(=O)C2(C#N)CC2)C(C)(C)C)c(OC)c1. The van der Waals surface area contributed by atoms with Crippen LogP contribution in [0.5, 0.6) is 5.75 Å². The summed E-state index contributed by atoms with van der Waals surface area (Å²) in [6.07, 6.45) is 4.20. The van der Waals surface area contributed by atoms with Crippen LogP contribution < -0.4 is 15.4 Å². The van der Waals surface area contributed by atoms with Gasteiger partial charge in [-0.2, -0.15) is 5.26 Å². The molecule has 1 aromatic carbocycles. The number of nitrogens with one attached hydrogen (secondary N) is 2. The fourth-order valence-corrected chi connectivity index (χ4v) is 5.50. The molecule has 2 unspecified atom stereocenters. The van der Waals surface area contributed by atoms with E-state index in [0.717, 1.165) is 21.7 Å². The summed E-state index contributed by atoms with van der Waals surface area (Å²) in [7, 11) is 1.59. The molecule has 1 aromatic rings. The molecule has 2 aliphatic rings. The number of likely N-dealkylation sites (tertiary alicyclic amines) is 1. The molecule has 1 aliphatic heterocycles. The average molecular weight is 554 g/mol. The number of nitriles is 1. The lowest BCUT2D eigenvalue weighted by atomic mass is 9.85. The zero-order chi connectivity index (χ0) is 29.0. The lowest BCUT2D eigenvalue weighted by Crippen LogP contribution is -2.58. The molecular formula is C29H39N5O4S. The van der Waals surface area contributed by atoms with Crippen molar-refractivity contribution < 1.29 is 19.1 Å². The zero-order valence-corrected chi connectivity index (χ0v) is 24.5. The van der Waals surface area contributed by atoms with E-state index in [9.17, 15) is 19.6 Å². The molecule has 1 aliphatic carbocycles. The van der Waals surface area contributed by atoms with E-state index in [-0.39, 0.29) is 18.4 Å². The lowest BCUT2D eigenvalue weighted by Gasteiger charge is -2.35. The molecule has 0 radical (unpaired) electrons. The van der Waals surface area contributed by atoms with Gasteiger partial charge in [-0.1, -0.05) is 32.9 Å². The van der Waals surface area contributed by atoms with Crippen LogP contribution in [0, 0.1) is 22.2 Å². The molecule has 1 heterocycles. The number of nitrogens with zero attached hydrogens (tertiary/aromatic N) is 3. The van der Waals surface area contributed by atoms with Crippen LogP contribution in [-0.4, -0.2) is 61.3 Å². The van der Waals surface area contributed by atoms with Crippen molar-refractivity contribution >= 4 is 41.1 Å². The van der Waals surface area contributed by atoms with E-state index < -0.39 is 28.8 Å². The van der Waals surface area contributed by atoms with Gasteiger partial charge in [-0.25, -0.2) is 0 Å². The van der Waals surface area contributed by atoms with E-state index in [1.807, 2.05) is 52.1 Å². The van der Waals surface area contributed by atoms with Gasteiger partial charge in [0.05, 0.1) is 18.9 Å². The van der Waals surface area contributed by atoms with Crippen LogP contribution in [0.3, 0.4) is 0 Å². The van der Waals surface area contributed by atoms with Gasteiger partial charge < -0.3 is 20.3 Å². The smallest absolute Gasteiger partial charge is 0.246 e. The molecular weight excluding hydrogens is 514 g/mol. The molecule has 0 bridgehead atoms. The van der Waals surface area contributed by atoms with Gasteiger partial charge in [-0.15, -0.1) is 11.8 Å². The summed E-state index contributed by atoms with van der Waals surface area (Å²) in [4.78, 5) is 46.4. The number of thioether (sulfide) groups is 1. The van der Waals surface area contributed by atoms with Crippen LogP contribution in [-0.2, 0) is 20.9 Å². The molecule has 3 amide bonds. The van der Waals surface area contributed by atoms with E-state index in [2.05, 4.69) is 28.4 Å². The topological polar surface area (TPSA) is 124 Å². The van der Waals surface area contributed by atoms with Gasteiger partial charge in [0.25, 0.3) is 0 Å². The Labute approximate surface area is 235 Å². The molecule has 1 saturated carbocycles. The molecule has 210 valence electrons. The summed E-state index contributed by atoms with van der Waals surface area (Å²) in [6.45, 7) is 11.8. The van der Waals surface area contributed by atoms with Gasteiger partial charge in [-0.3, -0.25) is 19.4 Å². The summed E-state index contributed by atoms with van der Waals surface area (Å²) in [5, 5.41) is 15.2. The Morgan fingerprint density at radius 1 is 1.33 bits per heavy atom. The van der Waals surface area contributed by atoms with Crippen LogP contribution in [0.4, 0.5) is 0 Å². The predicted molar refractivity (Wildman–Crippen MR) is 154 cm³/mol. The van der Waals surface area contributed by atoms with Gasteiger partial charge in [0.2, 0.25) is 17.7 Å². The minimum absolute atomic E-state index is 0.238. The highest BCUT2D eigenvalue weighted by molar-refractivity contribution is 8.07. The van der Waals surface area contributed by atoms with E-state index in [4.69, 9.17) is 4.74 Å². The van der Waals surface area contributed by atoms with Crippen molar-refractivity contribution in [3.8, 4) is 11.8 Å². The number of hydrogen-bond donors (Lipinski definition) is 2. The zero-order valence-electron chi connectivity index (χ0n) is 23.7. The number of amides is 3. The van der Waals surface area contributed by atoms with Gasteiger partial charge in [-0.05, 0) is 62.6 Å². The Bertz CT molecular complexity index is 1210. The molecule has 1 saturated heterocycles. The highest BCUT2D eigenvalue weighted by Crippen LogP contribution is 2.45. The Balaban J connectivity index is 1.73. The monoisotopic (exact) mass is 553 g/mol. The number of aliphatic imine (C=N–C) groups is 1. The number of allylic oxidation sites excluding steroid dienone is 1. The standard InChI is InChI=1S/C29H39N5O4S/c1-18(31-5)23(39-7)19-10-11-20(22(15-19)38-6)16-32-25(35)21-9-8-14-34(21)26(36)24(28(2,3)4)33-27(37)29(17-30)12-13-29/h10-11,15,21,24H,5,8-9,12-14,16H2,1-4,6-7H3,(H,32,35)(H,33,37)/b23-18-. The second-order valence-electron chi connectivity index (χ2n) is 11.2. The maximum absolute atomic E-state index is 13.7. The summed E-state index contributed by atoms with van der Waals surface area (Å²) < 4.78 is 5.60. The third-order valence-electron chi connectivity index (χ3n) is 7.40. The molecule has 9 nitrogen and oxygen atoms in total. The molecule has 2 fully saturated rings. The quantitative estimate of drug-likeness (QED) is 0.424. The number of rotatable bonds is 10. The van der Waals surface area contributed by atoms with Crippen LogP contribution in [0.25, 0.3) is 4.91 Å². The second kappa shape index (κ2) is 12.2. The predicted octanol–water partition coefficient (Wildman–Crippen LogP) is 3.89. The first-order valence-corrected chi connectivity index (χ1v) is 14.3. The normalized spacial score (nSPS) is 19.3. The van der Waals surface area contributed by atoms with Gasteiger partial charge >= 0.3 is 0 Å². The number of hydrogen-bond acceptors (Lipinski definition) is 7. The first-order valence-electron chi connectivity index (χ1n) is 13.1. The van der Waals surface area contributed by atoms with Gasteiger partial charge in [0, 0.05) is 23.6 Å². The maximum Gasteiger partial charge on any atom is 0.246 e. The molecule has 0 spiro atoms. The van der Waals surface area contributed by atoms with Crippen molar-refractivity contribution in [2.45, 2.75) is 72.0 Å². The average Bonchev–Trinajstić information content (AvgIpc) is 3.57. The fraction of sp³-hybridized carbons (Fsp3) is 0.552. The maximum atomic E-state index is 13.7. The van der Waals surface area contributed by atoms with Crippen molar-refractivity contribution in [3.63, 3.8) is 0 Å². The number of methoxy groups -OCH3 is 1. The van der Waals surface area contributed by atoms with Crippen molar-refractivity contribution in [1.29, 1.82) is 5.26 Å². The van der Waals surface area contributed by atoms with E-state index in [0.29, 0.717) is 38.0 Å². The van der Waals surface area contributed by atoms with Crippen molar-refractivity contribution in [3.05, 3.63) is 35.0 Å². The molecule has 0 aromatic heterocycles. The van der Waals surface area contributed by atoms with E-state index in [1.165, 1.54) is 0 Å². The van der Waals surface area contributed by atoms with Crippen LogP contribution in [0.1, 0.15) is 64.5 Å². The third-order valence-corrected chi connectivity index (χ3v) is 8.34. The fourth-order valence-electron chi connectivity index (χ4n) is 4.78. The van der Waals surface area contributed by atoms with Crippen LogP contribution in [0.2, 0.25) is 0 Å². The number of carbonyl (C=O) groups excluding carboxylic acids is 3. The van der Waals surface area contributed by atoms with Gasteiger partial charge in [0.1, 0.15) is 23.2 Å². The molecule has 10 heteroatoms. The minimum atomic E-state index is -1.03. The Kier molecular flexibility index (Phi) is 9.49. The Morgan fingerprint density at radius 2 is 2.03 bits per heavy atom. The second-order valence-corrected chi connectivity index (χ2v) is 12.0. The summed E-state index contributed by atoms with van der Waals surface area (Å²) >= 11 is 1.57. The molecule has 2 atom stereocenters. The van der Waals surface area contributed by atoms with Crippen molar-refractivity contribution in [2.24, 2.45) is 15.8 Å². The first-order chi connectivity index (χ1) is 18.4. The summed E-state index contributed by atoms with van der Waals surface area (Å²) in [5.74, 6) is -0.324. The Hall–Kier alpha value is -3.32. The highest BCUT2D eigenvalue weighted by atomic mass is 32.2. The lowest BCUT2D eigenvalue weighted by molar-refractivity contribution is -0.144. The molecule has 3 rings (SSSR count). The van der Waals surface area contributed by atoms with Crippen LogP contribution in [0.15, 0.2) is 28.9 Å². The first kappa shape index (κ1) is 30.2. The van der Waals surface area contributed by atoms with E-state index in [1.54, 1.807) is 23.8 Å².